The second-order valence-corrected chi connectivity index (χ2v) is 4.08. The number of hydrogen-bond donors (Lipinski definition) is 0. The summed E-state index contributed by atoms with van der Waals surface area (Å²) in [5, 5.41) is 0. The lowest BCUT2D eigenvalue weighted by Crippen LogP contribution is -2.42. The van der Waals surface area contributed by atoms with Crippen LogP contribution in [-0.4, -0.2) is 19.0 Å². The SMILES string of the molecule is COC(=O)c1ccc[n+]2c1[C@@H](C)[C@H](C)C2=O. The Bertz CT molecular complexity index is 467. The van der Waals surface area contributed by atoms with Crippen molar-refractivity contribution < 1.29 is 18.9 Å². The number of carbonyl (C=O) groups is 2. The molecule has 2 atom stereocenters. The summed E-state index contributed by atoms with van der Waals surface area (Å²) >= 11 is 0. The molecule has 0 amide bonds. The van der Waals surface area contributed by atoms with E-state index in [0.717, 1.165) is 5.69 Å². The minimum absolute atomic E-state index is 0.0354. The number of hydrogen-bond acceptors (Lipinski definition) is 3. The van der Waals surface area contributed by atoms with Gasteiger partial charge >= 0.3 is 11.9 Å². The maximum atomic E-state index is 11.9. The van der Waals surface area contributed by atoms with Crippen molar-refractivity contribution in [3.05, 3.63) is 29.6 Å². The van der Waals surface area contributed by atoms with Gasteiger partial charge in [0.1, 0.15) is 5.56 Å². The first kappa shape index (κ1) is 10.8. The lowest BCUT2D eigenvalue weighted by atomic mass is 9.94. The Balaban J connectivity index is 2.62. The summed E-state index contributed by atoms with van der Waals surface area (Å²) in [6, 6.07) is 3.39. The van der Waals surface area contributed by atoms with Gasteiger partial charge < -0.3 is 4.74 Å². The summed E-state index contributed by atoms with van der Waals surface area (Å²) in [6.45, 7) is 3.83. The summed E-state index contributed by atoms with van der Waals surface area (Å²) in [5.41, 5.74) is 1.24. The summed E-state index contributed by atoms with van der Waals surface area (Å²) in [6.07, 6.45) is 1.70. The van der Waals surface area contributed by atoms with Crippen LogP contribution in [0.5, 0.6) is 0 Å². The van der Waals surface area contributed by atoms with E-state index >= 15 is 0 Å². The molecule has 0 saturated carbocycles. The molecule has 0 aromatic carbocycles. The van der Waals surface area contributed by atoms with Gasteiger partial charge in [0, 0.05) is 6.07 Å². The number of pyridine rings is 1. The zero-order valence-corrected chi connectivity index (χ0v) is 9.56. The Morgan fingerprint density at radius 3 is 2.69 bits per heavy atom. The molecule has 4 heteroatoms. The monoisotopic (exact) mass is 220 g/mol. The van der Waals surface area contributed by atoms with Gasteiger partial charge in [0.2, 0.25) is 5.69 Å². The molecular formula is C12H14NO3+. The van der Waals surface area contributed by atoms with Crippen LogP contribution in [0, 0.1) is 5.92 Å². The molecule has 0 unspecified atom stereocenters. The second-order valence-electron chi connectivity index (χ2n) is 4.08. The number of ether oxygens (including phenoxy) is 1. The number of aromatic nitrogens is 1. The van der Waals surface area contributed by atoms with Crippen LogP contribution in [0.15, 0.2) is 18.3 Å². The van der Waals surface area contributed by atoms with E-state index in [1.54, 1.807) is 22.9 Å². The fourth-order valence-electron chi connectivity index (χ4n) is 2.13. The first-order chi connectivity index (χ1) is 7.57. The number of nitrogens with zero attached hydrogens (tertiary/aromatic N) is 1. The third-order valence-electron chi connectivity index (χ3n) is 3.25. The lowest BCUT2D eigenvalue weighted by molar-refractivity contribution is -0.575. The molecule has 2 heterocycles. The molecule has 84 valence electrons. The van der Waals surface area contributed by atoms with Crippen molar-refractivity contribution in [2.75, 3.05) is 7.11 Å². The van der Waals surface area contributed by atoms with Crippen molar-refractivity contribution in [1.29, 1.82) is 0 Å². The van der Waals surface area contributed by atoms with Crippen LogP contribution < -0.4 is 4.57 Å². The Morgan fingerprint density at radius 2 is 2.06 bits per heavy atom. The van der Waals surface area contributed by atoms with Crippen molar-refractivity contribution in [1.82, 2.24) is 0 Å². The van der Waals surface area contributed by atoms with Crippen molar-refractivity contribution in [2.45, 2.75) is 19.8 Å². The van der Waals surface area contributed by atoms with Crippen LogP contribution in [0.2, 0.25) is 0 Å². The highest BCUT2D eigenvalue weighted by Gasteiger charge is 2.45. The molecular weight excluding hydrogens is 206 g/mol. The van der Waals surface area contributed by atoms with Crippen molar-refractivity contribution in [2.24, 2.45) is 5.92 Å². The van der Waals surface area contributed by atoms with E-state index < -0.39 is 5.97 Å². The molecule has 1 aliphatic heterocycles. The van der Waals surface area contributed by atoms with Crippen molar-refractivity contribution in [3.8, 4) is 0 Å². The Hall–Kier alpha value is -1.71. The van der Waals surface area contributed by atoms with Gasteiger partial charge in [-0.05, 0) is 13.0 Å². The number of methoxy groups -OCH3 is 1. The molecule has 1 aromatic heterocycles. The van der Waals surface area contributed by atoms with E-state index in [0.29, 0.717) is 5.56 Å². The summed E-state index contributed by atoms with van der Waals surface area (Å²) < 4.78 is 6.27. The predicted molar refractivity (Wildman–Crippen MR) is 56.2 cm³/mol. The van der Waals surface area contributed by atoms with Gasteiger partial charge in [-0.15, -0.1) is 4.57 Å². The van der Waals surface area contributed by atoms with Gasteiger partial charge in [0.15, 0.2) is 6.20 Å². The number of carbonyl (C=O) groups excluding carboxylic acids is 2. The molecule has 4 nitrogen and oxygen atoms in total. The maximum absolute atomic E-state index is 11.9. The van der Waals surface area contributed by atoms with E-state index in [-0.39, 0.29) is 17.7 Å². The first-order valence-corrected chi connectivity index (χ1v) is 5.25. The molecule has 0 saturated heterocycles. The van der Waals surface area contributed by atoms with Crippen LogP contribution in [0.25, 0.3) is 0 Å². The summed E-state index contributed by atoms with van der Waals surface area (Å²) in [5.74, 6) is -0.403. The Kier molecular flexibility index (Phi) is 2.50. The van der Waals surface area contributed by atoms with Gasteiger partial charge in [-0.3, -0.25) is 0 Å². The van der Waals surface area contributed by atoms with Crippen molar-refractivity contribution in [3.63, 3.8) is 0 Å². The predicted octanol–water partition coefficient (Wildman–Crippen LogP) is 1.15. The van der Waals surface area contributed by atoms with E-state index in [1.165, 1.54) is 7.11 Å². The fourth-order valence-corrected chi connectivity index (χ4v) is 2.13. The highest BCUT2D eigenvalue weighted by Crippen LogP contribution is 2.29. The van der Waals surface area contributed by atoms with Crippen LogP contribution in [-0.2, 0) is 4.74 Å². The second kappa shape index (κ2) is 3.70. The molecule has 1 aliphatic rings. The highest BCUT2D eigenvalue weighted by atomic mass is 16.5. The minimum Gasteiger partial charge on any atom is -0.465 e. The van der Waals surface area contributed by atoms with Gasteiger partial charge in [-0.2, -0.15) is 0 Å². The highest BCUT2D eigenvalue weighted by molar-refractivity contribution is 5.91. The average molecular weight is 220 g/mol. The largest absolute Gasteiger partial charge is 0.465 e. The number of esters is 1. The Morgan fingerprint density at radius 1 is 1.38 bits per heavy atom. The minimum atomic E-state index is -0.391. The van der Waals surface area contributed by atoms with E-state index in [1.807, 2.05) is 13.8 Å². The lowest BCUT2D eigenvalue weighted by Gasteiger charge is -2.04. The zero-order valence-electron chi connectivity index (χ0n) is 9.56. The third kappa shape index (κ3) is 1.33. The van der Waals surface area contributed by atoms with E-state index in [4.69, 9.17) is 4.74 Å². The van der Waals surface area contributed by atoms with E-state index in [2.05, 4.69) is 0 Å². The molecule has 1 aromatic rings. The quantitative estimate of drug-likeness (QED) is 0.527. The molecule has 0 bridgehead atoms. The molecule has 16 heavy (non-hydrogen) atoms. The molecule has 0 spiro atoms. The Labute approximate surface area is 93.8 Å². The molecule has 0 radical (unpaired) electrons. The molecule has 0 fully saturated rings. The molecule has 0 N–H and O–H groups in total. The number of rotatable bonds is 1. The van der Waals surface area contributed by atoms with Gasteiger partial charge in [-0.25, -0.2) is 9.59 Å². The average Bonchev–Trinajstić information content (AvgIpc) is 2.54. The maximum Gasteiger partial charge on any atom is 0.396 e. The normalized spacial score (nSPS) is 23.1. The van der Waals surface area contributed by atoms with Crippen LogP contribution in [0.1, 0.15) is 40.6 Å². The third-order valence-corrected chi connectivity index (χ3v) is 3.25. The first-order valence-electron chi connectivity index (χ1n) is 5.25. The number of fused-ring (bicyclic) bond motifs is 1. The summed E-state index contributed by atoms with van der Waals surface area (Å²) in [4.78, 5) is 23.5. The van der Waals surface area contributed by atoms with E-state index in [9.17, 15) is 9.59 Å². The summed E-state index contributed by atoms with van der Waals surface area (Å²) in [7, 11) is 1.34. The zero-order chi connectivity index (χ0) is 11.9. The van der Waals surface area contributed by atoms with Crippen molar-refractivity contribution >= 4 is 11.9 Å². The van der Waals surface area contributed by atoms with Crippen LogP contribution in [0.4, 0.5) is 0 Å². The van der Waals surface area contributed by atoms with Crippen LogP contribution >= 0.6 is 0 Å². The standard InChI is InChI=1S/C12H14NO3/c1-7-8(2)11(14)13-6-4-5-9(10(7)13)12(15)16-3/h4-8H,1-3H3/q+1/t7-,8-/m0/s1. The van der Waals surface area contributed by atoms with Gasteiger partial charge in [-0.1, -0.05) is 6.92 Å². The topological polar surface area (TPSA) is 47.2 Å². The van der Waals surface area contributed by atoms with Gasteiger partial charge in [0.25, 0.3) is 0 Å². The van der Waals surface area contributed by atoms with Gasteiger partial charge in [0.05, 0.1) is 18.9 Å². The fraction of sp³-hybridized carbons (Fsp3) is 0.417. The molecule has 0 aliphatic carbocycles. The smallest absolute Gasteiger partial charge is 0.396 e. The molecule has 2 rings (SSSR count). The van der Waals surface area contributed by atoms with Crippen LogP contribution in [0.3, 0.4) is 0 Å².